The quantitative estimate of drug-likeness (QED) is 0.915. The van der Waals surface area contributed by atoms with Crippen LogP contribution in [0, 0.1) is 13.8 Å². The molecule has 0 spiro atoms. The molecule has 0 aliphatic heterocycles. The fourth-order valence-corrected chi connectivity index (χ4v) is 2.85. The molecule has 1 aromatic carbocycles. The standard InChI is InChI=1S/C16H22N2OS/c1-11-5-6-13(12(2)9-11)19-8-7-15-18-10-14(20-15)16(3,4)17/h5-6,9-10H,7-8,17H2,1-4H3. The van der Waals surface area contributed by atoms with Gasteiger partial charge in [0.2, 0.25) is 0 Å². The summed E-state index contributed by atoms with van der Waals surface area (Å²) in [5.41, 5.74) is 8.18. The van der Waals surface area contributed by atoms with Gasteiger partial charge in [0.25, 0.3) is 0 Å². The van der Waals surface area contributed by atoms with Gasteiger partial charge in [0.1, 0.15) is 5.75 Å². The SMILES string of the molecule is Cc1ccc(OCCc2ncc(C(C)(C)N)s2)c(C)c1. The molecule has 0 unspecified atom stereocenters. The molecule has 20 heavy (non-hydrogen) atoms. The minimum Gasteiger partial charge on any atom is -0.493 e. The van der Waals surface area contributed by atoms with E-state index in [1.165, 1.54) is 11.1 Å². The first-order valence-corrected chi connectivity index (χ1v) is 7.62. The van der Waals surface area contributed by atoms with E-state index in [2.05, 4.69) is 31.0 Å². The van der Waals surface area contributed by atoms with Gasteiger partial charge in [0.05, 0.1) is 11.6 Å². The van der Waals surface area contributed by atoms with E-state index in [4.69, 9.17) is 10.5 Å². The van der Waals surface area contributed by atoms with E-state index in [9.17, 15) is 0 Å². The lowest BCUT2D eigenvalue weighted by Gasteiger charge is -2.14. The smallest absolute Gasteiger partial charge is 0.122 e. The number of thiazole rings is 1. The molecule has 2 N–H and O–H groups in total. The highest BCUT2D eigenvalue weighted by atomic mass is 32.1. The van der Waals surface area contributed by atoms with Crippen molar-refractivity contribution in [1.29, 1.82) is 0 Å². The average Bonchev–Trinajstić information content (AvgIpc) is 2.80. The molecular weight excluding hydrogens is 268 g/mol. The molecule has 1 heterocycles. The number of benzene rings is 1. The summed E-state index contributed by atoms with van der Waals surface area (Å²) in [6.07, 6.45) is 2.69. The van der Waals surface area contributed by atoms with Crippen molar-refractivity contribution in [3.05, 3.63) is 45.4 Å². The van der Waals surface area contributed by atoms with E-state index in [1.807, 2.05) is 26.1 Å². The number of nitrogens with two attached hydrogens (primary N) is 1. The first kappa shape index (κ1) is 15.0. The minimum atomic E-state index is -0.315. The minimum absolute atomic E-state index is 0.315. The average molecular weight is 290 g/mol. The lowest BCUT2D eigenvalue weighted by molar-refractivity contribution is 0.319. The zero-order chi connectivity index (χ0) is 14.8. The van der Waals surface area contributed by atoms with Crippen LogP contribution in [0.15, 0.2) is 24.4 Å². The van der Waals surface area contributed by atoms with Gasteiger partial charge in [-0.15, -0.1) is 11.3 Å². The van der Waals surface area contributed by atoms with Crippen LogP contribution in [0.25, 0.3) is 0 Å². The normalized spacial score (nSPS) is 11.7. The second kappa shape index (κ2) is 5.94. The van der Waals surface area contributed by atoms with Crippen molar-refractivity contribution in [2.45, 2.75) is 39.7 Å². The molecule has 0 saturated heterocycles. The lowest BCUT2D eigenvalue weighted by Crippen LogP contribution is -2.27. The van der Waals surface area contributed by atoms with E-state index < -0.39 is 0 Å². The number of aromatic nitrogens is 1. The fraction of sp³-hybridized carbons (Fsp3) is 0.438. The Morgan fingerprint density at radius 1 is 1.30 bits per heavy atom. The molecule has 0 aliphatic rings. The van der Waals surface area contributed by atoms with Crippen LogP contribution in [0.1, 0.15) is 34.9 Å². The predicted octanol–water partition coefficient (Wildman–Crippen LogP) is 3.58. The molecule has 0 amide bonds. The molecule has 2 rings (SSSR count). The highest BCUT2D eigenvalue weighted by Crippen LogP contribution is 2.24. The van der Waals surface area contributed by atoms with E-state index >= 15 is 0 Å². The molecule has 0 saturated carbocycles. The van der Waals surface area contributed by atoms with Crippen LogP contribution < -0.4 is 10.5 Å². The maximum Gasteiger partial charge on any atom is 0.122 e. The summed E-state index contributed by atoms with van der Waals surface area (Å²) in [5, 5.41) is 1.07. The van der Waals surface area contributed by atoms with Gasteiger partial charge >= 0.3 is 0 Å². The molecule has 108 valence electrons. The van der Waals surface area contributed by atoms with Crippen LogP contribution in [0.3, 0.4) is 0 Å². The van der Waals surface area contributed by atoms with E-state index in [0.717, 1.165) is 22.1 Å². The van der Waals surface area contributed by atoms with Crippen LogP contribution in [0.4, 0.5) is 0 Å². The highest BCUT2D eigenvalue weighted by Gasteiger charge is 2.17. The molecule has 3 nitrogen and oxygen atoms in total. The van der Waals surface area contributed by atoms with Crippen LogP contribution in [0.2, 0.25) is 0 Å². The molecule has 0 aliphatic carbocycles. The molecule has 2 aromatic rings. The van der Waals surface area contributed by atoms with Gasteiger partial charge in [-0.1, -0.05) is 17.7 Å². The largest absolute Gasteiger partial charge is 0.493 e. The number of ether oxygens (including phenoxy) is 1. The maximum absolute atomic E-state index is 6.06. The van der Waals surface area contributed by atoms with Gasteiger partial charge in [-0.05, 0) is 39.3 Å². The van der Waals surface area contributed by atoms with Crippen LogP contribution in [-0.4, -0.2) is 11.6 Å². The Labute approximate surface area is 124 Å². The number of hydrogen-bond donors (Lipinski definition) is 1. The monoisotopic (exact) mass is 290 g/mol. The molecule has 4 heteroatoms. The third-order valence-corrected chi connectivity index (χ3v) is 4.49. The lowest BCUT2D eigenvalue weighted by atomic mass is 10.1. The zero-order valence-electron chi connectivity index (χ0n) is 12.6. The third-order valence-electron chi connectivity index (χ3n) is 3.09. The van der Waals surface area contributed by atoms with Crippen molar-refractivity contribution in [1.82, 2.24) is 4.98 Å². The van der Waals surface area contributed by atoms with Crippen LogP contribution in [0.5, 0.6) is 5.75 Å². The Morgan fingerprint density at radius 2 is 2.05 bits per heavy atom. The molecule has 0 bridgehead atoms. The van der Waals surface area contributed by atoms with Crippen molar-refractivity contribution in [3.8, 4) is 5.75 Å². The number of hydrogen-bond acceptors (Lipinski definition) is 4. The summed E-state index contributed by atoms with van der Waals surface area (Å²) in [7, 11) is 0. The van der Waals surface area contributed by atoms with Crippen molar-refractivity contribution in [2.24, 2.45) is 5.73 Å². The molecule has 1 aromatic heterocycles. The van der Waals surface area contributed by atoms with E-state index in [1.54, 1.807) is 11.3 Å². The summed E-state index contributed by atoms with van der Waals surface area (Å²) in [6, 6.07) is 6.23. The maximum atomic E-state index is 6.06. The van der Waals surface area contributed by atoms with Gasteiger partial charge in [0.15, 0.2) is 0 Å². The van der Waals surface area contributed by atoms with Gasteiger partial charge in [-0.2, -0.15) is 0 Å². The fourth-order valence-electron chi connectivity index (χ4n) is 1.93. The van der Waals surface area contributed by atoms with Crippen molar-refractivity contribution >= 4 is 11.3 Å². The third kappa shape index (κ3) is 3.81. The Bertz CT molecular complexity index is 584. The van der Waals surface area contributed by atoms with Gasteiger partial charge in [0, 0.05) is 23.0 Å². The summed E-state index contributed by atoms with van der Waals surface area (Å²) in [4.78, 5) is 5.52. The molecule has 0 fully saturated rings. The van der Waals surface area contributed by atoms with Crippen molar-refractivity contribution < 1.29 is 4.74 Å². The molecule has 0 radical (unpaired) electrons. The van der Waals surface area contributed by atoms with Crippen LogP contribution in [-0.2, 0) is 12.0 Å². The predicted molar refractivity (Wildman–Crippen MR) is 84.4 cm³/mol. The summed E-state index contributed by atoms with van der Waals surface area (Å²) < 4.78 is 5.83. The van der Waals surface area contributed by atoms with E-state index in [-0.39, 0.29) is 5.54 Å². The molecular formula is C16H22N2OS. The Kier molecular flexibility index (Phi) is 4.45. The van der Waals surface area contributed by atoms with Crippen molar-refractivity contribution in [2.75, 3.05) is 6.61 Å². The first-order chi connectivity index (χ1) is 9.36. The Morgan fingerprint density at radius 3 is 2.65 bits per heavy atom. The first-order valence-electron chi connectivity index (χ1n) is 6.80. The highest BCUT2D eigenvalue weighted by molar-refractivity contribution is 7.11. The van der Waals surface area contributed by atoms with E-state index in [0.29, 0.717) is 6.61 Å². The topological polar surface area (TPSA) is 48.1 Å². The van der Waals surface area contributed by atoms with Crippen LogP contribution >= 0.6 is 11.3 Å². The Hall–Kier alpha value is -1.39. The van der Waals surface area contributed by atoms with Crippen molar-refractivity contribution in [3.63, 3.8) is 0 Å². The summed E-state index contributed by atoms with van der Waals surface area (Å²) >= 11 is 1.67. The summed E-state index contributed by atoms with van der Waals surface area (Å²) in [5.74, 6) is 0.950. The number of aryl methyl sites for hydroxylation is 2. The van der Waals surface area contributed by atoms with Gasteiger partial charge < -0.3 is 10.5 Å². The second-order valence-electron chi connectivity index (χ2n) is 5.71. The second-order valence-corrected chi connectivity index (χ2v) is 6.82. The van der Waals surface area contributed by atoms with Gasteiger partial charge in [-0.3, -0.25) is 0 Å². The Balaban J connectivity index is 1.91. The zero-order valence-corrected chi connectivity index (χ0v) is 13.4. The summed E-state index contributed by atoms with van der Waals surface area (Å²) in [6.45, 7) is 8.79. The molecule has 0 atom stereocenters. The van der Waals surface area contributed by atoms with Gasteiger partial charge in [-0.25, -0.2) is 4.98 Å². The number of rotatable bonds is 5. The number of nitrogens with zero attached hydrogens (tertiary/aromatic N) is 1.